The third-order valence-electron chi connectivity index (χ3n) is 5.00. The molecule has 0 unspecified atom stereocenters. The highest BCUT2D eigenvalue weighted by molar-refractivity contribution is 6.60. The summed E-state index contributed by atoms with van der Waals surface area (Å²) in [5.74, 6) is 0. The molecule has 148 valence electrons. The summed E-state index contributed by atoms with van der Waals surface area (Å²) in [7, 11) is 6.22. The number of likely N-dealkylation sites (N-methyl/N-ethyl adjacent to an activating group) is 3. The van der Waals surface area contributed by atoms with Crippen molar-refractivity contribution in [1.82, 2.24) is 19.6 Å². The first-order chi connectivity index (χ1) is 12.0. The smallest absolute Gasteiger partial charge is 0.372 e. The molecule has 0 atom stereocenters. The van der Waals surface area contributed by atoms with Crippen molar-refractivity contribution in [2.75, 3.05) is 100 Å². The lowest BCUT2D eigenvalue weighted by atomic mass is 10.4. The number of nitrogens with zero attached hydrogens (tertiary/aromatic N) is 4. The van der Waals surface area contributed by atoms with Gasteiger partial charge in [0.25, 0.3) is 0 Å². The van der Waals surface area contributed by atoms with Crippen LogP contribution in [0.1, 0.15) is 6.42 Å². The highest BCUT2D eigenvalue weighted by Gasteiger charge is 2.43. The van der Waals surface area contributed by atoms with Gasteiger partial charge < -0.3 is 28.0 Å². The third-order valence-corrected chi connectivity index (χ3v) is 7.90. The lowest BCUT2D eigenvalue weighted by Gasteiger charge is -2.38. The van der Waals surface area contributed by atoms with E-state index in [4.69, 9.17) is 13.3 Å². The Morgan fingerprint density at radius 1 is 0.720 bits per heavy atom. The Morgan fingerprint density at radius 3 is 1.72 bits per heavy atom. The molecule has 3 saturated heterocycles. The average molecular weight is 375 g/mol. The molecular formula is C17H38N4O3Si. The van der Waals surface area contributed by atoms with Crippen molar-refractivity contribution in [2.45, 2.75) is 12.5 Å². The van der Waals surface area contributed by atoms with Crippen LogP contribution in [0.15, 0.2) is 0 Å². The molecule has 0 saturated carbocycles. The van der Waals surface area contributed by atoms with E-state index in [9.17, 15) is 0 Å². The molecular weight excluding hydrogens is 336 g/mol. The molecule has 2 bridgehead atoms. The monoisotopic (exact) mass is 374 g/mol. The van der Waals surface area contributed by atoms with Crippen LogP contribution in [-0.4, -0.2) is 129 Å². The lowest BCUT2D eigenvalue weighted by molar-refractivity contribution is -0.00878. The molecule has 0 radical (unpaired) electrons. The fourth-order valence-corrected chi connectivity index (χ4v) is 5.65. The average Bonchev–Trinajstić information content (AvgIpc) is 2.51. The number of hydrogen-bond acceptors (Lipinski definition) is 7. The maximum absolute atomic E-state index is 6.10. The van der Waals surface area contributed by atoms with Gasteiger partial charge in [0.2, 0.25) is 0 Å². The number of rotatable bonds is 10. The summed E-state index contributed by atoms with van der Waals surface area (Å²) in [6.45, 7) is 10.8. The maximum atomic E-state index is 6.10. The van der Waals surface area contributed by atoms with Crippen molar-refractivity contribution < 1.29 is 13.3 Å². The zero-order valence-corrected chi connectivity index (χ0v) is 17.7. The summed E-state index contributed by atoms with van der Waals surface area (Å²) in [6.07, 6.45) is 1.08. The molecule has 0 aliphatic carbocycles. The van der Waals surface area contributed by atoms with Gasteiger partial charge in [-0.2, -0.15) is 0 Å². The van der Waals surface area contributed by atoms with Gasteiger partial charge >= 0.3 is 8.80 Å². The molecule has 0 amide bonds. The SMILES string of the molecule is CN(C)CCN(C)CCN(C)CCC[Si]12OCCN(CCO1)CCO2. The van der Waals surface area contributed by atoms with Crippen LogP contribution < -0.4 is 0 Å². The maximum Gasteiger partial charge on any atom is 0.501 e. The topological polar surface area (TPSA) is 40.7 Å². The van der Waals surface area contributed by atoms with Crippen LogP contribution >= 0.6 is 0 Å². The van der Waals surface area contributed by atoms with Crippen LogP contribution in [0.3, 0.4) is 0 Å². The van der Waals surface area contributed by atoms with Crippen LogP contribution in [0.25, 0.3) is 0 Å². The van der Waals surface area contributed by atoms with E-state index >= 15 is 0 Å². The van der Waals surface area contributed by atoms with Crippen molar-refractivity contribution >= 4 is 8.80 Å². The Bertz CT molecular complexity index is 349. The number of fused-ring (bicyclic) bond motifs is 6. The van der Waals surface area contributed by atoms with Crippen molar-refractivity contribution in [3.05, 3.63) is 0 Å². The second-order valence-corrected chi connectivity index (χ2v) is 10.3. The van der Waals surface area contributed by atoms with Gasteiger partial charge in [-0.25, -0.2) is 0 Å². The van der Waals surface area contributed by atoms with Gasteiger partial charge in [0.05, 0.1) is 19.8 Å². The van der Waals surface area contributed by atoms with Crippen LogP contribution in [0.5, 0.6) is 0 Å². The Labute approximate surface area is 155 Å². The summed E-state index contributed by atoms with van der Waals surface area (Å²) < 4.78 is 18.3. The molecule has 0 spiro atoms. The summed E-state index contributed by atoms with van der Waals surface area (Å²) in [5.41, 5.74) is 0. The normalized spacial score (nSPS) is 27.7. The Hall–Kier alpha value is -0.0631. The summed E-state index contributed by atoms with van der Waals surface area (Å²) >= 11 is 0. The van der Waals surface area contributed by atoms with Gasteiger partial charge in [0, 0.05) is 51.9 Å². The zero-order chi connectivity index (χ0) is 18.1. The van der Waals surface area contributed by atoms with E-state index in [-0.39, 0.29) is 0 Å². The van der Waals surface area contributed by atoms with Gasteiger partial charge in [0.15, 0.2) is 0 Å². The van der Waals surface area contributed by atoms with Crippen LogP contribution in [-0.2, 0) is 13.3 Å². The van der Waals surface area contributed by atoms with E-state index in [0.29, 0.717) is 0 Å². The highest BCUT2D eigenvalue weighted by Crippen LogP contribution is 2.21. The first-order valence-corrected chi connectivity index (χ1v) is 11.6. The van der Waals surface area contributed by atoms with Crippen molar-refractivity contribution in [2.24, 2.45) is 0 Å². The lowest BCUT2D eigenvalue weighted by Crippen LogP contribution is -2.55. The Kier molecular flexibility index (Phi) is 9.29. The second-order valence-electron chi connectivity index (χ2n) is 7.58. The molecule has 3 aliphatic heterocycles. The second kappa shape index (κ2) is 10.9. The third kappa shape index (κ3) is 8.00. The minimum absolute atomic E-state index is 0.749. The first kappa shape index (κ1) is 21.2. The van der Waals surface area contributed by atoms with Gasteiger partial charge in [-0.3, -0.25) is 4.90 Å². The minimum atomic E-state index is -2.43. The summed E-state index contributed by atoms with van der Waals surface area (Å²) in [5, 5.41) is 0. The standard InChI is InChI=1S/C17H38N4O3Si/c1-18(2)7-8-20(4)10-9-19(3)6-5-17-25-22-14-11-21(12-15-23-25)13-16-24-25/h5-17H2,1-4H3. The fraction of sp³-hybridized carbons (Fsp3) is 1.00. The molecule has 7 nitrogen and oxygen atoms in total. The highest BCUT2D eigenvalue weighted by atomic mass is 28.4. The van der Waals surface area contributed by atoms with Crippen LogP contribution in [0.4, 0.5) is 0 Å². The van der Waals surface area contributed by atoms with Gasteiger partial charge in [-0.15, -0.1) is 0 Å². The van der Waals surface area contributed by atoms with E-state index in [2.05, 4.69) is 47.8 Å². The molecule has 3 rings (SSSR count). The van der Waals surface area contributed by atoms with Crippen LogP contribution in [0.2, 0.25) is 6.04 Å². The van der Waals surface area contributed by atoms with E-state index in [1.165, 1.54) is 0 Å². The largest absolute Gasteiger partial charge is 0.501 e. The molecule has 25 heavy (non-hydrogen) atoms. The zero-order valence-electron chi connectivity index (χ0n) is 16.7. The molecule has 8 heteroatoms. The van der Waals surface area contributed by atoms with Crippen molar-refractivity contribution in [1.29, 1.82) is 0 Å². The molecule has 0 aromatic heterocycles. The van der Waals surface area contributed by atoms with Gasteiger partial charge in [-0.05, 0) is 41.2 Å². The Morgan fingerprint density at radius 2 is 1.20 bits per heavy atom. The van der Waals surface area contributed by atoms with E-state index in [1.54, 1.807) is 0 Å². The predicted octanol–water partition coefficient (Wildman–Crippen LogP) is 0.120. The molecule has 3 heterocycles. The molecule has 0 N–H and O–H groups in total. The van der Waals surface area contributed by atoms with E-state index in [0.717, 1.165) is 84.6 Å². The van der Waals surface area contributed by atoms with Crippen molar-refractivity contribution in [3.8, 4) is 0 Å². The molecule has 0 aromatic rings. The van der Waals surface area contributed by atoms with Crippen LogP contribution in [0, 0.1) is 0 Å². The summed E-state index contributed by atoms with van der Waals surface area (Å²) in [4.78, 5) is 9.39. The molecule has 3 fully saturated rings. The van der Waals surface area contributed by atoms with Crippen molar-refractivity contribution in [3.63, 3.8) is 0 Å². The fourth-order valence-electron chi connectivity index (χ4n) is 3.17. The summed E-state index contributed by atoms with van der Waals surface area (Å²) in [6, 6.07) is 0.938. The van der Waals surface area contributed by atoms with E-state index in [1.807, 2.05) is 0 Å². The Balaban J connectivity index is 1.64. The minimum Gasteiger partial charge on any atom is -0.372 e. The molecule has 3 aliphatic rings. The predicted molar refractivity (Wildman–Crippen MR) is 103 cm³/mol. The molecule has 0 aromatic carbocycles. The first-order valence-electron chi connectivity index (χ1n) is 9.65. The number of hydrogen-bond donors (Lipinski definition) is 0. The van der Waals surface area contributed by atoms with Gasteiger partial charge in [-0.1, -0.05) is 0 Å². The van der Waals surface area contributed by atoms with Gasteiger partial charge in [0.1, 0.15) is 0 Å². The van der Waals surface area contributed by atoms with E-state index < -0.39 is 8.80 Å². The quantitative estimate of drug-likeness (QED) is 0.503.